The minimum atomic E-state index is -5.00. The second kappa shape index (κ2) is 13.9. The number of hydrogen-bond acceptors (Lipinski definition) is 10. The summed E-state index contributed by atoms with van der Waals surface area (Å²) in [4.78, 5) is 16.7. The molecule has 0 aliphatic carbocycles. The fraction of sp³-hybridized carbons (Fsp3) is 0.667. The van der Waals surface area contributed by atoms with E-state index in [1.54, 1.807) is 0 Å². The van der Waals surface area contributed by atoms with Crippen LogP contribution in [0.15, 0.2) is 30.3 Å². The summed E-state index contributed by atoms with van der Waals surface area (Å²) in [5, 5.41) is 19.7. The van der Waals surface area contributed by atoms with Gasteiger partial charge >= 0.3 is 16.4 Å². The average molecular weight is 492 g/mol. The minimum Gasteiger partial charge on any atom is -0.456 e. The number of unbranched alkanes of at least 4 members (excludes halogenated alkanes) is 5. The molecule has 0 saturated carbocycles. The molecule has 0 bridgehead atoms. The van der Waals surface area contributed by atoms with Crippen LogP contribution >= 0.6 is 0 Å². The molecule has 5 atom stereocenters. The lowest BCUT2D eigenvalue weighted by molar-refractivity contribution is -0.301. The molecule has 1 aromatic carbocycles. The first-order chi connectivity index (χ1) is 15.7. The number of nitrogens with two attached hydrogens (primary N) is 1. The summed E-state index contributed by atoms with van der Waals surface area (Å²) in [7, 11) is -5.00. The number of aliphatic hydroxyl groups is 2. The van der Waals surface area contributed by atoms with Crippen LogP contribution in [0.4, 0.5) is 0 Å². The zero-order chi connectivity index (χ0) is 24.3. The van der Waals surface area contributed by atoms with Crippen LogP contribution in [-0.2, 0) is 40.1 Å². The van der Waals surface area contributed by atoms with Gasteiger partial charge in [-0.25, -0.2) is 10.1 Å². The van der Waals surface area contributed by atoms with Crippen LogP contribution in [0.5, 0.6) is 0 Å². The number of benzene rings is 1. The molecule has 1 heterocycles. The molecule has 0 unspecified atom stereocenters. The van der Waals surface area contributed by atoms with E-state index in [1.165, 1.54) is 5.56 Å². The average Bonchev–Trinajstić information content (AvgIpc) is 2.78. The summed E-state index contributed by atoms with van der Waals surface area (Å²) in [5.41, 5.74) is 1.32. The van der Waals surface area contributed by atoms with Gasteiger partial charge in [-0.3, -0.25) is 14.2 Å². The molecule has 188 valence electrons. The molecule has 1 saturated heterocycles. The van der Waals surface area contributed by atoms with Crippen molar-refractivity contribution >= 4 is 16.4 Å². The van der Waals surface area contributed by atoms with E-state index in [0.717, 1.165) is 38.5 Å². The Balaban J connectivity index is 1.75. The number of ether oxygens (including phenoxy) is 2. The topological polar surface area (TPSA) is 175 Å². The maximum absolute atomic E-state index is 12.3. The summed E-state index contributed by atoms with van der Waals surface area (Å²) >= 11 is 0. The molecule has 1 fully saturated rings. The second-order valence-corrected chi connectivity index (χ2v) is 8.95. The SMILES string of the molecule is NO[C@H]1O[C@H](CO)[C@@H](OS(=O)(=O)O)[C@H](OC(=O)CCCCCCCCc2ccccc2)[C@H]1O. The van der Waals surface area contributed by atoms with E-state index in [9.17, 15) is 23.4 Å². The Morgan fingerprint density at radius 1 is 1.03 bits per heavy atom. The first-order valence-electron chi connectivity index (χ1n) is 10.9. The number of rotatable bonds is 14. The number of hydrogen-bond donors (Lipinski definition) is 4. The Bertz CT molecular complexity index is 807. The van der Waals surface area contributed by atoms with Crippen LogP contribution in [-0.4, -0.2) is 66.5 Å². The Morgan fingerprint density at radius 2 is 1.67 bits per heavy atom. The lowest BCUT2D eigenvalue weighted by Gasteiger charge is -2.41. The van der Waals surface area contributed by atoms with Gasteiger partial charge in [0.1, 0.15) is 18.3 Å². The van der Waals surface area contributed by atoms with Crippen molar-refractivity contribution in [2.75, 3.05) is 6.61 Å². The number of aliphatic hydroxyl groups excluding tert-OH is 2. The van der Waals surface area contributed by atoms with Gasteiger partial charge in [-0.1, -0.05) is 56.0 Å². The monoisotopic (exact) mass is 491 g/mol. The lowest BCUT2D eigenvalue weighted by Crippen LogP contribution is -2.62. The molecule has 0 amide bonds. The Labute approximate surface area is 193 Å². The predicted molar refractivity (Wildman–Crippen MR) is 116 cm³/mol. The maximum Gasteiger partial charge on any atom is 0.397 e. The van der Waals surface area contributed by atoms with Crippen molar-refractivity contribution in [3.8, 4) is 0 Å². The van der Waals surface area contributed by atoms with E-state index < -0.39 is 53.7 Å². The Morgan fingerprint density at radius 3 is 2.27 bits per heavy atom. The van der Waals surface area contributed by atoms with Crippen molar-refractivity contribution in [1.29, 1.82) is 0 Å². The number of esters is 1. The third-order valence-electron chi connectivity index (χ3n) is 5.37. The molecule has 11 nitrogen and oxygen atoms in total. The van der Waals surface area contributed by atoms with Crippen LogP contribution in [0.25, 0.3) is 0 Å². The van der Waals surface area contributed by atoms with Gasteiger partial charge in [-0.2, -0.15) is 8.42 Å². The summed E-state index contributed by atoms with van der Waals surface area (Å²) in [6, 6.07) is 10.3. The van der Waals surface area contributed by atoms with E-state index in [1.807, 2.05) is 18.2 Å². The highest BCUT2D eigenvalue weighted by atomic mass is 32.3. The van der Waals surface area contributed by atoms with Crippen LogP contribution in [0, 0.1) is 0 Å². The molecular weight excluding hydrogens is 458 g/mol. The summed E-state index contributed by atoms with van der Waals surface area (Å²) in [6.45, 7) is -0.773. The molecule has 0 aromatic heterocycles. The van der Waals surface area contributed by atoms with Crippen molar-refractivity contribution in [2.45, 2.75) is 82.1 Å². The molecule has 2 rings (SSSR count). The number of aryl methyl sites for hydroxylation is 1. The largest absolute Gasteiger partial charge is 0.456 e. The smallest absolute Gasteiger partial charge is 0.397 e. The fourth-order valence-electron chi connectivity index (χ4n) is 3.71. The summed E-state index contributed by atoms with van der Waals surface area (Å²) in [6.07, 6.45) is -1.31. The van der Waals surface area contributed by atoms with Crippen LogP contribution in [0.2, 0.25) is 0 Å². The highest BCUT2D eigenvalue weighted by Crippen LogP contribution is 2.27. The van der Waals surface area contributed by atoms with Crippen molar-refractivity contribution in [1.82, 2.24) is 0 Å². The van der Waals surface area contributed by atoms with Gasteiger partial charge < -0.3 is 19.7 Å². The first kappa shape index (κ1) is 27.6. The van der Waals surface area contributed by atoms with Crippen LogP contribution in [0.3, 0.4) is 0 Å². The first-order valence-corrected chi connectivity index (χ1v) is 12.3. The minimum absolute atomic E-state index is 0.0324. The zero-order valence-electron chi connectivity index (χ0n) is 18.3. The molecule has 1 aliphatic heterocycles. The van der Waals surface area contributed by atoms with E-state index in [2.05, 4.69) is 21.2 Å². The van der Waals surface area contributed by atoms with E-state index in [0.29, 0.717) is 6.42 Å². The van der Waals surface area contributed by atoms with Gasteiger partial charge in [0.05, 0.1) is 6.61 Å². The highest BCUT2D eigenvalue weighted by molar-refractivity contribution is 7.80. The third kappa shape index (κ3) is 9.63. The maximum atomic E-state index is 12.3. The number of carbonyl (C=O) groups is 1. The van der Waals surface area contributed by atoms with Crippen molar-refractivity contribution < 1.29 is 46.5 Å². The quantitative estimate of drug-likeness (QED) is 0.127. The van der Waals surface area contributed by atoms with Crippen molar-refractivity contribution in [2.24, 2.45) is 5.90 Å². The van der Waals surface area contributed by atoms with Crippen molar-refractivity contribution in [3.05, 3.63) is 35.9 Å². The molecule has 12 heteroatoms. The normalized spacial score (nSPS) is 25.6. The third-order valence-corrected chi connectivity index (χ3v) is 5.83. The molecular formula is C21H33NO10S. The highest BCUT2D eigenvalue weighted by Gasteiger charge is 2.50. The van der Waals surface area contributed by atoms with Crippen LogP contribution < -0.4 is 5.90 Å². The van der Waals surface area contributed by atoms with Gasteiger partial charge in [0.25, 0.3) is 0 Å². The van der Waals surface area contributed by atoms with Crippen LogP contribution in [0.1, 0.15) is 50.5 Å². The van der Waals surface area contributed by atoms with E-state index in [-0.39, 0.29) is 6.42 Å². The summed E-state index contributed by atoms with van der Waals surface area (Å²) in [5.74, 6) is 4.33. The molecule has 0 spiro atoms. The van der Waals surface area contributed by atoms with Gasteiger partial charge in [0.15, 0.2) is 6.10 Å². The van der Waals surface area contributed by atoms with E-state index in [4.69, 9.17) is 19.9 Å². The van der Waals surface area contributed by atoms with Gasteiger partial charge in [-0.15, -0.1) is 0 Å². The lowest BCUT2D eigenvalue weighted by atomic mass is 9.99. The second-order valence-electron chi connectivity index (χ2n) is 7.90. The molecule has 5 N–H and O–H groups in total. The fourth-order valence-corrected chi connectivity index (χ4v) is 4.22. The van der Waals surface area contributed by atoms with Gasteiger partial charge in [-0.05, 0) is 24.8 Å². The standard InChI is InChI=1S/C21H33NO10S/c22-31-21-18(25)20(19(16(14-23)29-21)32-33(26,27)28)30-17(24)13-9-4-2-1-3-6-10-15-11-7-5-8-12-15/h5,7-8,11-12,16,18-21,23,25H,1-4,6,9-10,13-14,22H2,(H,26,27,28)/t16-,18-,19-,20-,21-/m1/s1. The zero-order valence-corrected chi connectivity index (χ0v) is 19.1. The number of carbonyl (C=O) groups excluding carboxylic acids is 1. The summed E-state index contributed by atoms with van der Waals surface area (Å²) < 4.78 is 46.1. The Hall–Kier alpha value is -1.64. The molecule has 33 heavy (non-hydrogen) atoms. The Kier molecular flexibility index (Phi) is 11.6. The molecule has 0 radical (unpaired) electrons. The van der Waals surface area contributed by atoms with Crippen molar-refractivity contribution in [3.63, 3.8) is 0 Å². The van der Waals surface area contributed by atoms with Gasteiger partial charge in [0, 0.05) is 6.42 Å². The van der Waals surface area contributed by atoms with Gasteiger partial charge in [0.2, 0.25) is 6.29 Å². The molecule has 1 aromatic rings. The van der Waals surface area contributed by atoms with E-state index >= 15 is 0 Å². The predicted octanol–water partition coefficient (Wildman–Crippen LogP) is 1.03. The molecule has 1 aliphatic rings.